The third kappa shape index (κ3) is 2.86. The molecule has 0 spiro atoms. The second-order valence-electron chi connectivity index (χ2n) is 4.45. The van der Waals surface area contributed by atoms with Gasteiger partial charge in [-0.15, -0.1) is 0 Å². The second-order valence-corrected chi connectivity index (χ2v) is 5.61. The lowest BCUT2D eigenvalue weighted by molar-refractivity contribution is -0.384. The van der Waals surface area contributed by atoms with E-state index >= 15 is 0 Å². The van der Waals surface area contributed by atoms with Crippen molar-refractivity contribution in [3.8, 4) is 0 Å². The molecule has 0 saturated carbocycles. The fraction of sp³-hybridized carbons (Fsp3) is 0.417. The molecule has 0 aromatic heterocycles. The summed E-state index contributed by atoms with van der Waals surface area (Å²) in [5, 5.41) is 10.7. The fourth-order valence-corrected chi connectivity index (χ4v) is 3.02. The predicted octanol–water partition coefficient (Wildman–Crippen LogP) is 1.76. The maximum Gasteiger partial charge on any atom is 0.270 e. The molecule has 1 aromatic carbocycles. The zero-order chi connectivity index (χ0) is 14.0. The summed E-state index contributed by atoms with van der Waals surface area (Å²) in [6, 6.07) is 4.39. The largest absolute Gasteiger partial charge is 0.334 e. The topological polar surface area (TPSA) is 89.5 Å². The van der Waals surface area contributed by atoms with Gasteiger partial charge in [-0.2, -0.15) is 0 Å². The Morgan fingerprint density at radius 3 is 2.89 bits per heavy atom. The average Bonchev–Trinajstić information content (AvgIpc) is 2.85. The van der Waals surface area contributed by atoms with Crippen LogP contribution in [0.4, 0.5) is 5.69 Å². The summed E-state index contributed by atoms with van der Waals surface area (Å²) in [4.78, 5) is 24.4. The highest BCUT2D eigenvalue weighted by atomic mass is 127. The van der Waals surface area contributed by atoms with Crippen molar-refractivity contribution in [2.24, 2.45) is 5.73 Å². The first-order valence-corrected chi connectivity index (χ1v) is 7.07. The Bertz CT molecular complexity index is 521. The van der Waals surface area contributed by atoms with Crippen molar-refractivity contribution < 1.29 is 9.72 Å². The lowest BCUT2D eigenvalue weighted by atomic mass is 10.1. The van der Waals surface area contributed by atoms with E-state index in [4.69, 9.17) is 5.73 Å². The van der Waals surface area contributed by atoms with E-state index in [1.165, 1.54) is 18.2 Å². The third-order valence-corrected chi connectivity index (χ3v) is 4.20. The summed E-state index contributed by atoms with van der Waals surface area (Å²) in [7, 11) is 0. The second kappa shape index (κ2) is 5.83. The van der Waals surface area contributed by atoms with Crippen molar-refractivity contribution in [1.82, 2.24) is 4.90 Å². The smallest absolute Gasteiger partial charge is 0.270 e. The van der Waals surface area contributed by atoms with Gasteiger partial charge in [-0.1, -0.05) is 0 Å². The Morgan fingerprint density at radius 1 is 1.58 bits per heavy atom. The molecule has 1 heterocycles. The van der Waals surface area contributed by atoms with Gasteiger partial charge in [-0.3, -0.25) is 14.9 Å². The average molecular weight is 375 g/mol. The van der Waals surface area contributed by atoms with Gasteiger partial charge in [0.1, 0.15) is 0 Å². The maximum atomic E-state index is 12.4. The predicted molar refractivity (Wildman–Crippen MR) is 78.9 cm³/mol. The Balaban J connectivity index is 2.26. The fourth-order valence-electron chi connectivity index (χ4n) is 2.29. The van der Waals surface area contributed by atoms with Gasteiger partial charge >= 0.3 is 0 Å². The highest BCUT2D eigenvalue weighted by molar-refractivity contribution is 14.1. The molecule has 7 heteroatoms. The molecule has 0 aliphatic carbocycles. The number of amides is 1. The monoisotopic (exact) mass is 375 g/mol. The Kier molecular flexibility index (Phi) is 4.35. The van der Waals surface area contributed by atoms with Gasteiger partial charge in [0.25, 0.3) is 11.6 Å². The van der Waals surface area contributed by atoms with Gasteiger partial charge in [0.15, 0.2) is 0 Å². The van der Waals surface area contributed by atoms with Crippen LogP contribution in [0.5, 0.6) is 0 Å². The molecule has 0 bridgehead atoms. The van der Waals surface area contributed by atoms with Crippen LogP contribution in [0.25, 0.3) is 0 Å². The third-order valence-electron chi connectivity index (χ3n) is 3.30. The number of hydrogen-bond acceptors (Lipinski definition) is 4. The van der Waals surface area contributed by atoms with Crippen LogP contribution < -0.4 is 5.73 Å². The van der Waals surface area contributed by atoms with E-state index in [0.29, 0.717) is 22.2 Å². The van der Waals surface area contributed by atoms with E-state index in [2.05, 4.69) is 0 Å². The Morgan fingerprint density at radius 2 is 2.32 bits per heavy atom. The summed E-state index contributed by atoms with van der Waals surface area (Å²) >= 11 is 1.96. The summed E-state index contributed by atoms with van der Waals surface area (Å²) in [5.41, 5.74) is 6.16. The van der Waals surface area contributed by atoms with E-state index in [1.807, 2.05) is 22.6 Å². The van der Waals surface area contributed by atoms with Crippen molar-refractivity contribution in [2.75, 3.05) is 13.1 Å². The van der Waals surface area contributed by atoms with Gasteiger partial charge in [-0.05, 0) is 41.5 Å². The minimum Gasteiger partial charge on any atom is -0.334 e. The molecule has 2 N–H and O–H groups in total. The number of rotatable bonds is 3. The van der Waals surface area contributed by atoms with Crippen LogP contribution in [0.1, 0.15) is 23.2 Å². The molecule has 1 aliphatic rings. The lowest BCUT2D eigenvalue weighted by Gasteiger charge is -2.23. The van der Waals surface area contributed by atoms with Crippen molar-refractivity contribution in [1.29, 1.82) is 0 Å². The standard InChI is InChI=1S/C12H14IN3O3/c13-11-6-8(16(18)19)3-4-10(11)12(17)15-5-1-2-9(15)7-14/h3-4,6,9H,1-2,5,7,14H2. The molecule has 19 heavy (non-hydrogen) atoms. The number of carbonyl (C=O) groups is 1. The van der Waals surface area contributed by atoms with Crippen molar-refractivity contribution in [3.63, 3.8) is 0 Å². The zero-order valence-electron chi connectivity index (χ0n) is 10.2. The Labute approximate surface area is 124 Å². The molecule has 2 rings (SSSR count). The summed E-state index contributed by atoms with van der Waals surface area (Å²) in [6.07, 6.45) is 1.88. The molecule has 0 radical (unpaired) electrons. The first-order chi connectivity index (χ1) is 9.04. The van der Waals surface area contributed by atoms with Gasteiger partial charge in [0, 0.05) is 34.8 Å². The number of nitro benzene ring substituents is 1. The van der Waals surface area contributed by atoms with Crippen molar-refractivity contribution in [2.45, 2.75) is 18.9 Å². The normalized spacial score (nSPS) is 18.6. The summed E-state index contributed by atoms with van der Waals surface area (Å²) in [6.45, 7) is 1.16. The van der Waals surface area contributed by atoms with E-state index in [0.717, 1.165) is 12.8 Å². The van der Waals surface area contributed by atoms with Gasteiger partial charge in [0.05, 0.1) is 10.5 Å². The minimum absolute atomic E-state index is 0.00209. The quantitative estimate of drug-likeness (QED) is 0.495. The SMILES string of the molecule is NCC1CCCN1C(=O)c1ccc([N+](=O)[O-])cc1I. The number of nitrogens with zero attached hydrogens (tertiary/aromatic N) is 2. The molecular weight excluding hydrogens is 361 g/mol. The van der Waals surface area contributed by atoms with Crippen LogP contribution in [-0.4, -0.2) is 34.9 Å². The number of hydrogen-bond donors (Lipinski definition) is 1. The van der Waals surface area contributed by atoms with Crippen LogP contribution in [0, 0.1) is 13.7 Å². The molecule has 1 fully saturated rings. The maximum absolute atomic E-state index is 12.4. The number of halogens is 1. The first kappa shape index (κ1) is 14.2. The summed E-state index contributed by atoms with van der Waals surface area (Å²) in [5.74, 6) is -0.0905. The molecule has 1 unspecified atom stereocenters. The van der Waals surface area contributed by atoms with Crippen LogP contribution in [0.15, 0.2) is 18.2 Å². The van der Waals surface area contributed by atoms with E-state index in [9.17, 15) is 14.9 Å². The number of likely N-dealkylation sites (tertiary alicyclic amines) is 1. The van der Waals surface area contributed by atoms with E-state index in [1.54, 1.807) is 4.90 Å². The number of carbonyl (C=O) groups excluding carboxylic acids is 1. The zero-order valence-corrected chi connectivity index (χ0v) is 12.4. The molecule has 1 amide bonds. The van der Waals surface area contributed by atoms with Gasteiger partial charge in [-0.25, -0.2) is 0 Å². The van der Waals surface area contributed by atoms with E-state index in [-0.39, 0.29) is 17.6 Å². The van der Waals surface area contributed by atoms with Crippen LogP contribution in [-0.2, 0) is 0 Å². The summed E-state index contributed by atoms with van der Waals surface area (Å²) < 4.78 is 0.597. The minimum atomic E-state index is -0.463. The van der Waals surface area contributed by atoms with Gasteiger partial charge < -0.3 is 10.6 Å². The van der Waals surface area contributed by atoms with Crippen molar-refractivity contribution in [3.05, 3.63) is 37.4 Å². The van der Waals surface area contributed by atoms with Crippen molar-refractivity contribution >= 4 is 34.2 Å². The molecule has 1 saturated heterocycles. The number of nitrogens with two attached hydrogens (primary N) is 1. The van der Waals surface area contributed by atoms with Gasteiger partial charge in [0.2, 0.25) is 0 Å². The van der Waals surface area contributed by atoms with Crippen LogP contribution >= 0.6 is 22.6 Å². The molecular formula is C12H14IN3O3. The van der Waals surface area contributed by atoms with E-state index < -0.39 is 4.92 Å². The molecule has 6 nitrogen and oxygen atoms in total. The van der Waals surface area contributed by atoms with Crippen LogP contribution in [0.3, 0.4) is 0 Å². The van der Waals surface area contributed by atoms with Crippen LogP contribution in [0.2, 0.25) is 0 Å². The molecule has 1 atom stereocenters. The molecule has 1 aliphatic heterocycles. The lowest BCUT2D eigenvalue weighted by Crippen LogP contribution is -2.40. The Hall–Kier alpha value is -1.22. The number of benzene rings is 1. The highest BCUT2D eigenvalue weighted by Crippen LogP contribution is 2.24. The number of nitro groups is 1. The first-order valence-electron chi connectivity index (χ1n) is 5.99. The highest BCUT2D eigenvalue weighted by Gasteiger charge is 2.29. The number of non-ortho nitro benzene ring substituents is 1. The molecule has 1 aromatic rings. The molecule has 102 valence electrons.